The lowest BCUT2D eigenvalue weighted by Gasteiger charge is -2.13. The van der Waals surface area contributed by atoms with E-state index in [1.54, 1.807) is 0 Å². The number of hydrogen-bond acceptors (Lipinski definition) is 6. The molecule has 0 saturated heterocycles. The number of aromatic nitrogens is 2. The lowest BCUT2D eigenvalue weighted by molar-refractivity contribution is -0.116. The number of benzene rings is 1. The van der Waals surface area contributed by atoms with Crippen LogP contribution in [0, 0.1) is 0 Å². The lowest BCUT2D eigenvalue weighted by atomic mass is 10.1. The van der Waals surface area contributed by atoms with Crippen molar-refractivity contribution >= 4 is 11.6 Å². The van der Waals surface area contributed by atoms with Crippen LogP contribution in [0.5, 0.6) is 11.5 Å². The molecule has 146 valence electrons. The van der Waals surface area contributed by atoms with Gasteiger partial charge in [-0.05, 0) is 26.3 Å². The van der Waals surface area contributed by atoms with Crippen molar-refractivity contribution in [3.05, 3.63) is 29.4 Å². The molecule has 1 amide bonds. The van der Waals surface area contributed by atoms with Gasteiger partial charge < -0.3 is 19.3 Å². The Bertz CT molecular complexity index is 801. The van der Waals surface area contributed by atoms with Gasteiger partial charge in [-0.25, -0.2) is 0 Å². The summed E-state index contributed by atoms with van der Waals surface area (Å²) in [4.78, 5) is 16.7. The summed E-state index contributed by atoms with van der Waals surface area (Å²) < 4.78 is 16.7. The predicted octanol–water partition coefficient (Wildman–Crippen LogP) is 3.88. The molecule has 0 radical (unpaired) electrons. The van der Waals surface area contributed by atoms with E-state index in [0.717, 1.165) is 17.7 Å². The number of nitrogens with zero attached hydrogens (tertiary/aromatic N) is 2. The van der Waals surface area contributed by atoms with Gasteiger partial charge in [-0.15, -0.1) is 0 Å². The van der Waals surface area contributed by atoms with Crippen LogP contribution < -0.4 is 14.8 Å². The van der Waals surface area contributed by atoms with Gasteiger partial charge in [-0.3, -0.25) is 4.79 Å². The maximum atomic E-state index is 12.4. The minimum atomic E-state index is -0.0782. The third kappa shape index (κ3) is 4.78. The molecule has 2 aromatic rings. The first-order valence-electron chi connectivity index (χ1n) is 9.55. The Balaban J connectivity index is 1.57. The Labute approximate surface area is 159 Å². The highest BCUT2D eigenvalue weighted by Crippen LogP contribution is 2.38. The van der Waals surface area contributed by atoms with Crippen LogP contribution in [0.4, 0.5) is 5.69 Å². The van der Waals surface area contributed by atoms with Gasteiger partial charge >= 0.3 is 0 Å². The number of carbonyl (C=O) groups is 1. The molecule has 27 heavy (non-hydrogen) atoms. The largest absolute Gasteiger partial charge is 0.492 e. The summed E-state index contributed by atoms with van der Waals surface area (Å²) in [6.07, 6.45) is 2.57. The minimum Gasteiger partial charge on any atom is -0.492 e. The van der Waals surface area contributed by atoms with E-state index in [4.69, 9.17) is 14.0 Å². The highest BCUT2D eigenvalue weighted by atomic mass is 16.5. The van der Waals surface area contributed by atoms with Gasteiger partial charge in [0.1, 0.15) is 17.6 Å². The summed E-state index contributed by atoms with van der Waals surface area (Å²) in [6, 6.07) is 3.82. The lowest BCUT2D eigenvalue weighted by Crippen LogP contribution is -2.13. The summed E-state index contributed by atoms with van der Waals surface area (Å²) >= 11 is 0. The maximum Gasteiger partial charge on any atom is 0.226 e. The summed E-state index contributed by atoms with van der Waals surface area (Å²) in [6.45, 7) is 8.51. The van der Waals surface area contributed by atoms with Crippen LogP contribution >= 0.6 is 0 Å². The van der Waals surface area contributed by atoms with E-state index in [2.05, 4.69) is 15.5 Å². The van der Waals surface area contributed by atoms with Crippen LogP contribution in [0.15, 0.2) is 16.7 Å². The van der Waals surface area contributed by atoms with E-state index >= 15 is 0 Å². The Morgan fingerprint density at radius 1 is 1.41 bits per heavy atom. The molecule has 0 fully saturated rings. The summed E-state index contributed by atoms with van der Waals surface area (Å²) in [7, 11) is 0. The van der Waals surface area contributed by atoms with Gasteiger partial charge in [0.15, 0.2) is 5.82 Å². The molecule has 0 aliphatic carbocycles. The second-order valence-electron chi connectivity index (χ2n) is 7.12. The molecule has 7 heteroatoms. The Morgan fingerprint density at radius 3 is 2.93 bits per heavy atom. The zero-order chi connectivity index (χ0) is 19.4. The quantitative estimate of drug-likeness (QED) is 0.756. The van der Waals surface area contributed by atoms with Crippen LogP contribution in [0.1, 0.15) is 63.7 Å². The number of amides is 1. The van der Waals surface area contributed by atoms with Crippen LogP contribution in [0.3, 0.4) is 0 Å². The predicted molar refractivity (Wildman–Crippen MR) is 101 cm³/mol. The molecule has 1 aliphatic heterocycles. The Hall–Kier alpha value is -2.57. The molecule has 0 spiro atoms. The summed E-state index contributed by atoms with van der Waals surface area (Å²) in [5.41, 5.74) is 1.76. The van der Waals surface area contributed by atoms with Crippen LogP contribution in [0.25, 0.3) is 0 Å². The molecule has 1 N–H and O–H groups in total. The Morgan fingerprint density at radius 2 is 2.22 bits per heavy atom. The van der Waals surface area contributed by atoms with Crippen molar-refractivity contribution in [2.45, 2.75) is 65.4 Å². The van der Waals surface area contributed by atoms with Crippen molar-refractivity contribution in [3.8, 4) is 11.5 Å². The molecule has 7 nitrogen and oxygen atoms in total. The van der Waals surface area contributed by atoms with Crippen molar-refractivity contribution in [1.82, 2.24) is 10.1 Å². The standard InChI is InChI=1S/C20H27N3O4/c1-5-25-17-10-14-9-13(4)26-16(14)11-15(17)21-18(24)7-6-8-19-22-20(12(2)3)23-27-19/h10-13H,5-9H2,1-4H3,(H,21,24). The molecule has 0 bridgehead atoms. The third-order valence-electron chi connectivity index (χ3n) is 4.37. The second-order valence-corrected chi connectivity index (χ2v) is 7.12. The molecular weight excluding hydrogens is 346 g/mol. The zero-order valence-electron chi connectivity index (χ0n) is 16.4. The van der Waals surface area contributed by atoms with Crippen LogP contribution in [0.2, 0.25) is 0 Å². The number of ether oxygens (including phenoxy) is 2. The molecule has 1 aromatic heterocycles. The number of carbonyl (C=O) groups excluding carboxylic acids is 1. The SMILES string of the molecule is CCOc1cc2c(cc1NC(=O)CCCc1nc(C(C)C)no1)OC(C)C2. The Kier molecular flexibility index (Phi) is 5.98. The zero-order valence-corrected chi connectivity index (χ0v) is 16.4. The molecular formula is C20H27N3O4. The van der Waals surface area contributed by atoms with Crippen molar-refractivity contribution in [3.63, 3.8) is 0 Å². The first-order valence-corrected chi connectivity index (χ1v) is 9.55. The smallest absolute Gasteiger partial charge is 0.226 e. The molecule has 1 atom stereocenters. The van der Waals surface area contributed by atoms with E-state index in [1.807, 2.05) is 39.8 Å². The number of anilines is 1. The minimum absolute atomic E-state index is 0.0782. The van der Waals surface area contributed by atoms with Crippen molar-refractivity contribution in [1.29, 1.82) is 0 Å². The van der Waals surface area contributed by atoms with Gasteiger partial charge in [0.25, 0.3) is 0 Å². The van der Waals surface area contributed by atoms with Crippen LogP contribution in [-0.4, -0.2) is 28.8 Å². The number of hydrogen-bond donors (Lipinski definition) is 1. The molecule has 1 unspecified atom stereocenters. The number of nitrogens with one attached hydrogen (secondary N) is 1. The van der Waals surface area contributed by atoms with E-state index in [9.17, 15) is 4.79 Å². The third-order valence-corrected chi connectivity index (χ3v) is 4.37. The fourth-order valence-electron chi connectivity index (χ4n) is 3.03. The highest BCUT2D eigenvalue weighted by Gasteiger charge is 2.22. The van der Waals surface area contributed by atoms with Gasteiger partial charge in [0.05, 0.1) is 12.3 Å². The summed E-state index contributed by atoms with van der Waals surface area (Å²) in [5, 5.41) is 6.87. The van der Waals surface area contributed by atoms with Crippen molar-refractivity contribution in [2.75, 3.05) is 11.9 Å². The topological polar surface area (TPSA) is 86.5 Å². The highest BCUT2D eigenvalue weighted by molar-refractivity contribution is 5.92. The van der Waals surface area contributed by atoms with E-state index < -0.39 is 0 Å². The molecule has 1 aliphatic rings. The monoisotopic (exact) mass is 373 g/mol. The van der Waals surface area contributed by atoms with E-state index in [1.165, 1.54) is 0 Å². The van der Waals surface area contributed by atoms with Gasteiger partial charge in [0, 0.05) is 36.8 Å². The average Bonchev–Trinajstić information content (AvgIpc) is 3.21. The van der Waals surface area contributed by atoms with Gasteiger partial charge in [0.2, 0.25) is 11.8 Å². The molecule has 1 aromatic carbocycles. The molecule has 0 saturated carbocycles. The van der Waals surface area contributed by atoms with Crippen LogP contribution in [-0.2, 0) is 17.6 Å². The number of fused-ring (bicyclic) bond motifs is 1. The first-order chi connectivity index (χ1) is 13.0. The average molecular weight is 373 g/mol. The molecule has 2 heterocycles. The molecule has 3 rings (SSSR count). The van der Waals surface area contributed by atoms with Gasteiger partial charge in [-0.2, -0.15) is 4.98 Å². The fraction of sp³-hybridized carbons (Fsp3) is 0.550. The fourth-order valence-corrected chi connectivity index (χ4v) is 3.03. The second kappa shape index (κ2) is 8.41. The number of rotatable bonds is 8. The van der Waals surface area contributed by atoms with E-state index in [0.29, 0.717) is 49.0 Å². The van der Waals surface area contributed by atoms with Crippen molar-refractivity contribution < 1.29 is 18.8 Å². The first kappa shape index (κ1) is 19.2. The van der Waals surface area contributed by atoms with Crippen molar-refractivity contribution in [2.24, 2.45) is 0 Å². The summed E-state index contributed by atoms with van der Waals surface area (Å²) in [5.74, 6) is 2.91. The van der Waals surface area contributed by atoms with E-state index in [-0.39, 0.29) is 17.9 Å². The normalized spacial score (nSPS) is 15.5. The maximum absolute atomic E-state index is 12.4. The number of aryl methyl sites for hydroxylation is 1. The van der Waals surface area contributed by atoms with Gasteiger partial charge in [-0.1, -0.05) is 19.0 Å².